The minimum absolute atomic E-state index is 0.0649. The van der Waals surface area contributed by atoms with E-state index in [-0.39, 0.29) is 11.7 Å². The molecule has 2 rings (SSSR count). The van der Waals surface area contributed by atoms with E-state index in [9.17, 15) is 9.18 Å². The molecule has 4 nitrogen and oxygen atoms in total. The van der Waals surface area contributed by atoms with Gasteiger partial charge in [0.1, 0.15) is 5.75 Å². The van der Waals surface area contributed by atoms with Crippen LogP contribution in [0.2, 0.25) is 0 Å². The number of anilines is 1. The lowest BCUT2D eigenvalue weighted by Crippen LogP contribution is -2.32. The lowest BCUT2D eigenvalue weighted by Gasteiger charge is -2.17. The molecule has 0 unspecified atom stereocenters. The molecular formula is C17H18FNO3. The molecule has 0 saturated heterocycles. The highest BCUT2D eigenvalue weighted by molar-refractivity contribution is 5.94. The van der Waals surface area contributed by atoms with E-state index in [1.165, 1.54) is 12.1 Å². The highest BCUT2D eigenvalue weighted by atomic mass is 19.1. The summed E-state index contributed by atoms with van der Waals surface area (Å²) < 4.78 is 24.2. The second-order valence-corrected chi connectivity index (χ2v) is 4.67. The number of methoxy groups -OCH3 is 1. The van der Waals surface area contributed by atoms with Gasteiger partial charge in [0.25, 0.3) is 5.91 Å². The molecule has 0 aliphatic carbocycles. The van der Waals surface area contributed by atoms with Gasteiger partial charge < -0.3 is 14.8 Å². The van der Waals surface area contributed by atoms with Gasteiger partial charge in [-0.1, -0.05) is 25.1 Å². The highest BCUT2D eigenvalue weighted by Crippen LogP contribution is 2.20. The zero-order valence-corrected chi connectivity index (χ0v) is 12.5. The molecule has 1 amide bonds. The van der Waals surface area contributed by atoms with Crippen LogP contribution in [0, 0.1) is 5.82 Å². The molecule has 0 saturated carbocycles. The molecule has 0 fully saturated rings. The minimum atomic E-state index is -0.775. The first kappa shape index (κ1) is 15.8. The van der Waals surface area contributed by atoms with Crippen LogP contribution in [0.25, 0.3) is 0 Å². The number of carbonyl (C=O) groups excluding carboxylic acids is 1. The van der Waals surface area contributed by atoms with Crippen LogP contribution in [0.1, 0.15) is 13.3 Å². The van der Waals surface area contributed by atoms with Crippen molar-refractivity contribution in [1.29, 1.82) is 0 Å². The van der Waals surface area contributed by atoms with Crippen molar-refractivity contribution < 1.29 is 18.7 Å². The molecule has 22 heavy (non-hydrogen) atoms. The number of benzene rings is 2. The Morgan fingerprint density at radius 2 is 2.00 bits per heavy atom. The van der Waals surface area contributed by atoms with Crippen molar-refractivity contribution in [2.24, 2.45) is 0 Å². The fourth-order valence-corrected chi connectivity index (χ4v) is 1.94. The van der Waals surface area contributed by atoms with E-state index in [1.807, 2.05) is 0 Å². The zero-order chi connectivity index (χ0) is 15.9. The third kappa shape index (κ3) is 3.97. The third-order valence-electron chi connectivity index (χ3n) is 3.11. The van der Waals surface area contributed by atoms with Crippen molar-refractivity contribution in [2.45, 2.75) is 19.4 Å². The average molecular weight is 303 g/mol. The molecule has 0 radical (unpaired) electrons. The summed E-state index contributed by atoms with van der Waals surface area (Å²) in [7, 11) is 1.55. The maximum Gasteiger partial charge on any atom is 0.265 e. The molecule has 0 bridgehead atoms. The molecule has 5 heteroatoms. The van der Waals surface area contributed by atoms with Crippen molar-refractivity contribution in [3.63, 3.8) is 0 Å². The number of halogens is 1. The summed E-state index contributed by atoms with van der Waals surface area (Å²) in [5.74, 6) is -0.120. The normalized spacial score (nSPS) is 11.6. The summed E-state index contributed by atoms with van der Waals surface area (Å²) in [5, 5.41) is 2.74. The SMILES string of the molecule is CC[C@@H](Oc1ccccc1F)C(=O)Nc1cccc(OC)c1. The van der Waals surface area contributed by atoms with Crippen molar-refractivity contribution in [1.82, 2.24) is 0 Å². The van der Waals surface area contributed by atoms with Gasteiger partial charge in [0.05, 0.1) is 7.11 Å². The number of ether oxygens (including phenoxy) is 2. The number of carbonyl (C=O) groups is 1. The summed E-state index contributed by atoms with van der Waals surface area (Å²) in [6.07, 6.45) is -0.354. The number of hydrogen-bond donors (Lipinski definition) is 1. The van der Waals surface area contributed by atoms with E-state index >= 15 is 0 Å². The smallest absolute Gasteiger partial charge is 0.265 e. The lowest BCUT2D eigenvalue weighted by atomic mass is 10.2. The fraction of sp³-hybridized carbons (Fsp3) is 0.235. The van der Waals surface area contributed by atoms with E-state index in [2.05, 4.69) is 5.32 Å². The number of hydrogen-bond acceptors (Lipinski definition) is 3. The van der Waals surface area contributed by atoms with Crippen LogP contribution in [-0.2, 0) is 4.79 Å². The van der Waals surface area contributed by atoms with E-state index in [4.69, 9.17) is 9.47 Å². The molecular weight excluding hydrogens is 285 g/mol. The van der Waals surface area contributed by atoms with Gasteiger partial charge in [0, 0.05) is 11.8 Å². The van der Waals surface area contributed by atoms with Gasteiger partial charge >= 0.3 is 0 Å². The van der Waals surface area contributed by atoms with Crippen LogP contribution in [0.4, 0.5) is 10.1 Å². The van der Waals surface area contributed by atoms with Gasteiger partial charge in [-0.15, -0.1) is 0 Å². The highest BCUT2D eigenvalue weighted by Gasteiger charge is 2.20. The van der Waals surface area contributed by atoms with Gasteiger partial charge in [-0.3, -0.25) is 4.79 Å². The Bertz CT molecular complexity index is 645. The molecule has 0 heterocycles. The van der Waals surface area contributed by atoms with Crippen molar-refractivity contribution in [2.75, 3.05) is 12.4 Å². The van der Waals surface area contributed by atoms with Crippen LogP contribution >= 0.6 is 0 Å². The molecule has 0 aliphatic rings. The lowest BCUT2D eigenvalue weighted by molar-refractivity contribution is -0.122. The summed E-state index contributed by atoms with van der Waals surface area (Å²) in [5.41, 5.74) is 0.597. The second-order valence-electron chi connectivity index (χ2n) is 4.67. The first-order chi connectivity index (χ1) is 10.6. The largest absolute Gasteiger partial charge is 0.497 e. The van der Waals surface area contributed by atoms with Crippen LogP contribution < -0.4 is 14.8 Å². The Balaban J connectivity index is 2.07. The fourth-order valence-electron chi connectivity index (χ4n) is 1.94. The molecule has 0 spiro atoms. The molecule has 0 aromatic heterocycles. The van der Waals surface area contributed by atoms with Crippen LogP contribution in [0.3, 0.4) is 0 Å². The van der Waals surface area contributed by atoms with Gasteiger partial charge in [-0.2, -0.15) is 0 Å². The van der Waals surface area contributed by atoms with E-state index in [0.29, 0.717) is 17.9 Å². The summed E-state index contributed by atoms with van der Waals surface area (Å²) in [4.78, 5) is 12.3. The number of nitrogens with one attached hydrogen (secondary N) is 1. The van der Waals surface area contributed by atoms with E-state index in [1.54, 1.807) is 50.4 Å². The average Bonchev–Trinajstić information content (AvgIpc) is 2.54. The predicted octanol–water partition coefficient (Wildman–Crippen LogP) is 3.63. The van der Waals surface area contributed by atoms with E-state index in [0.717, 1.165) is 0 Å². The van der Waals surface area contributed by atoms with Crippen LogP contribution in [0.5, 0.6) is 11.5 Å². The monoisotopic (exact) mass is 303 g/mol. The Hall–Kier alpha value is -2.56. The number of amides is 1. The molecule has 0 aliphatic heterocycles. The van der Waals surface area contributed by atoms with E-state index < -0.39 is 11.9 Å². The van der Waals surface area contributed by atoms with Gasteiger partial charge in [-0.25, -0.2) is 4.39 Å². The summed E-state index contributed by atoms with van der Waals surface area (Å²) in [6.45, 7) is 1.80. The second kappa shape index (κ2) is 7.45. The van der Waals surface area contributed by atoms with Gasteiger partial charge in [-0.05, 0) is 30.7 Å². The number of rotatable bonds is 6. The predicted molar refractivity (Wildman–Crippen MR) is 82.7 cm³/mol. The van der Waals surface area contributed by atoms with Gasteiger partial charge in [0.15, 0.2) is 17.7 Å². The zero-order valence-electron chi connectivity index (χ0n) is 12.5. The third-order valence-corrected chi connectivity index (χ3v) is 3.11. The number of para-hydroxylation sites is 1. The Morgan fingerprint density at radius 1 is 1.23 bits per heavy atom. The minimum Gasteiger partial charge on any atom is -0.497 e. The summed E-state index contributed by atoms with van der Waals surface area (Å²) in [6, 6.07) is 13.0. The molecule has 1 atom stereocenters. The maximum atomic E-state index is 13.6. The van der Waals surface area contributed by atoms with Crippen molar-refractivity contribution in [3.8, 4) is 11.5 Å². The quantitative estimate of drug-likeness (QED) is 0.886. The van der Waals surface area contributed by atoms with Gasteiger partial charge in [0.2, 0.25) is 0 Å². The Kier molecular flexibility index (Phi) is 5.36. The van der Waals surface area contributed by atoms with Crippen LogP contribution in [0.15, 0.2) is 48.5 Å². The molecule has 2 aromatic rings. The maximum absolute atomic E-state index is 13.6. The van der Waals surface area contributed by atoms with Crippen LogP contribution in [-0.4, -0.2) is 19.1 Å². The molecule has 116 valence electrons. The first-order valence-electron chi connectivity index (χ1n) is 7.00. The molecule has 2 aromatic carbocycles. The molecule has 1 N–H and O–H groups in total. The van der Waals surface area contributed by atoms with Crippen molar-refractivity contribution >= 4 is 11.6 Å². The standard InChI is InChI=1S/C17H18FNO3/c1-3-15(22-16-10-5-4-9-14(16)18)17(20)19-12-7-6-8-13(11-12)21-2/h4-11,15H,3H2,1-2H3,(H,19,20)/t15-/m1/s1. The summed E-state index contributed by atoms with van der Waals surface area (Å²) >= 11 is 0. The first-order valence-corrected chi connectivity index (χ1v) is 7.00. The Labute approximate surface area is 128 Å². The van der Waals surface area contributed by atoms with Crippen molar-refractivity contribution in [3.05, 3.63) is 54.3 Å². The topological polar surface area (TPSA) is 47.6 Å². The Morgan fingerprint density at radius 3 is 2.68 bits per heavy atom.